The number of hydrogen-bond acceptors (Lipinski definition) is 5. The Morgan fingerprint density at radius 1 is 1.04 bits per heavy atom. The van der Waals surface area contributed by atoms with Crippen molar-refractivity contribution < 1.29 is 19.0 Å². The summed E-state index contributed by atoms with van der Waals surface area (Å²) in [5.74, 6) is 2.00. The standard InChI is InChI=1S/C21H26N2O4/c1-25-18-5-3-4-6-19(18)27-17-9-7-16(8-10-17)15-23-20(24)21(26-2)11-13-22-14-12-21/h3-10,22H,11-15H2,1-2H3,(H,23,24). The predicted octanol–water partition coefficient (Wildman–Crippen LogP) is 2.87. The Balaban J connectivity index is 1.58. The van der Waals surface area contributed by atoms with E-state index in [0.29, 0.717) is 36.6 Å². The molecular weight excluding hydrogens is 344 g/mol. The van der Waals surface area contributed by atoms with Gasteiger partial charge in [-0.3, -0.25) is 4.79 Å². The van der Waals surface area contributed by atoms with E-state index in [1.54, 1.807) is 14.2 Å². The molecule has 3 rings (SSSR count). The zero-order valence-electron chi connectivity index (χ0n) is 15.8. The lowest BCUT2D eigenvalue weighted by Crippen LogP contribution is -2.53. The summed E-state index contributed by atoms with van der Waals surface area (Å²) in [5, 5.41) is 6.25. The van der Waals surface area contributed by atoms with Crippen molar-refractivity contribution in [1.29, 1.82) is 0 Å². The number of rotatable bonds is 7. The fraction of sp³-hybridized carbons (Fsp3) is 0.381. The summed E-state index contributed by atoms with van der Waals surface area (Å²) in [4.78, 5) is 12.6. The van der Waals surface area contributed by atoms with Crippen LogP contribution >= 0.6 is 0 Å². The monoisotopic (exact) mass is 370 g/mol. The number of amides is 1. The maximum atomic E-state index is 12.6. The molecule has 27 heavy (non-hydrogen) atoms. The largest absolute Gasteiger partial charge is 0.493 e. The lowest BCUT2D eigenvalue weighted by molar-refractivity contribution is -0.146. The molecule has 2 aromatic rings. The van der Waals surface area contributed by atoms with Crippen molar-refractivity contribution in [2.75, 3.05) is 27.3 Å². The highest BCUT2D eigenvalue weighted by atomic mass is 16.5. The molecule has 0 bridgehead atoms. The number of piperidine rings is 1. The van der Waals surface area contributed by atoms with Gasteiger partial charge in [-0.25, -0.2) is 0 Å². The van der Waals surface area contributed by atoms with Crippen molar-refractivity contribution >= 4 is 5.91 Å². The molecule has 1 saturated heterocycles. The maximum Gasteiger partial charge on any atom is 0.252 e. The number of ether oxygens (including phenoxy) is 3. The molecule has 0 atom stereocenters. The van der Waals surface area contributed by atoms with E-state index >= 15 is 0 Å². The first kappa shape index (κ1) is 19.2. The van der Waals surface area contributed by atoms with E-state index < -0.39 is 5.60 Å². The molecule has 1 heterocycles. The van der Waals surface area contributed by atoms with Crippen LogP contribution < -0.4 is 20.1 Å². The van der Waals surface area contributed by atoms with Gasteiger partial charge in [-0.15, -0.1) is 0 Å². The smallest absolute Gasteiger partial charge is 0.252 e. The number of para-hydroxylation sites is 2. The fourth-order valence-electron chi connectivity index (χ4n) is 3.20. The van der Waals surface area contributed by atoms with Crippen LogP contribution in [0.3, 0.4) is 0 Å². The molecule has 0 saturated carbocycles. The molecule has 0 radical (unpaired) electrons. The van der Waals surface area contributed by atoms with Gasteiger partial charge in [0.05, 0.1) is 7.11 Å². The summed E-state index contributed by atoms with van der Waals surface area (Å²) >= 11 is 0. The van der Waals surface area contributed by atoms with Crippen LogP contribution in [0.1, 0.15) is 18.4 Å². The van der Waals surface area contributed by atoms with E-state index in [-0.39, 0.29) is 5.91 Å². The lowest BCUT2D eigenvalue weighted by atomic mass is 9.91. The van der Waals surface area contributed by atoms with Gasteiger partial charge in [-0.2, -0.15) is 0 Å². The van der Waals surface area contributed by atoms with E-state index in [2.05, 4.69) is 10.6 Å². The van der Waals surface area contributed by atoms with Crippen LogP contribution in [0.4, 0.5) is 0 Å². The summed E-state index contributed by atoms with van der Waals surface area (Å²) in [6, 6.07) is 15.1. The Hall–Kier alpha value is -2.57. The van der Waals surface area contributed by atoms with E-state index in [0.717, 1.165) is 18.7 Å². The molecule has 2 aromatic carbocycles. The summed E-state index contributed by atoms with van der Waals surface area (Å²) in [6.45, 7) is 2.03. The molecule has 0 spiro atoms. The molecule has 0 unspecified atom stereocenters. The van der Waals surface area contributed by atoms with Crippen molar-refractivity contribution in [3.63, 3.8) is 0 Å². The number of carbonyl (C=O) groups is 1. The van der Waals surface area contributed by atoms with Crippen molar-refractivity contribution in [3.05, 3.63) is 54.1 Å². The first-order valence-corrected chi connectivity index (χ1v) is 9.11. The van der Waals surface area contributed by atoms with Crippen LogP contribution in [0.25, 0.3) is 0 Å². The topological polar surface area (TPSA) is 68.8 Å². The van der Waals surface area contributed by atoms with Gasteiger partial charge in [-0.05, 0) is 55.8 Å². The van der Waals surface area contributed by atoms with Crippen LogP contribution in [0, 0.1) is 0 Å². The van der Waals surface area contributed by atoms with Crippen LogP contribution in [-0.2, 0) is 16.1 Å². The van der Waals surface area contributed by atoms with Crippen molar-refractivity contribution in [1.82, 2.24) is 10.6 Å². The Bertz CT molecular complexity index is 755. The van der Waals surface area contributed by atoms with Gasteiger partial charge < -0.3 is 24.8 Å². The van der Waals surface area contributed by atoms with E-state index in [9.17, 15) is 4.79 Å². The highest BCUT2D eigenvalue weighted by Gasteiger charge is 2.39. The van der Waals surface area contributed by atoms with Crippen LogP contribution in [-0.4, -0.2) is 38.8 Å². The third-order valence-electron chi connectivity index (χ3n) is 4.89. The second-order valence-electron chi connectivity index (χ2n) is 6.53. The van der Waals surface area contributed by atoms with Crippen molar-refractivity contribution in [2.45, 2.75) is 25.0 Å². The first-order valence-electron chi connectivity index (χ1n) is 9.11. The Labute approximate surface area is 159 Å². The molecule has 144 valence electrons. The molecule has 0 aromatic heterocycles. The zero-order valence-corrected chi connectivity index (χ0v) is 15.8. The maximum absolute atomic E-state index is 12.6. The molecule has 0 aliphatic carbocycles. The third kappa shape index (κ3) is 4.59. The van der Waals surface area contributed by atoms with Gasteiger partial charge in [0.1, 0.15) is 11.4 Å². The molecule has 6 heteroatoms. The number of hydrogen-bond donors (Lipinski definition) is 2. The molecule has 1 aliphatic rings. The summed E-state index contributed by atoms with van der Waals surface area (Å²) in [5.41, 5.74) is 0.272. The third-order valence-corrected chi connectivity index (χ3v) is 4.89. The molecule has 1 fully saturated rings. The van der Waals surface area contributed by atoms with E-state index in [4.69, 9.17) is 14.2 Å². The van der Waals surface area contributed by atoms with E-state index in [1.807, 2.05) is 48.5 Å². The number of benzene rings is 2. The molecule has 2 N–H and O–H groups in total. The van der Waals surface area contributed by atoms with Gasteiger partial charge in [0, 0.05) is 13.7 Å². The van der Waals surface area contributed by atoms with Crippen molar-refractivity contribution in [3.8, 4) is 17.2 Å². The second kappa shape index (κ2) is 8.88. The van der Waals surface area contributed by atoms with Gasteiger partial charge in [0.15, 0.2) is 11.5 Å². The lowest BCUT2D eigenvalue weighted by Gasteiger charge is -2.34. The average molecular weight is 370 g/mol. The summed E-state index contributed by atoms with van der Waals surface area (Å²) in [7, 11) is 3.22. The molecule has 6 nitrogen and oxygen atoms in total. The fourth-order valence-corrected chi connectivity index (χ4v) is 3.20. The van der Waals surface area contributed by atoms with Crippen LogP contribution in [0.15, 0.2) is 48.5 Å². The average Bonchev–Trinajstić information content (AvgIpc) is 2.74. The van der Waals surface area contributed by atoms with Gasteiger partial charge in [0.25, 0.3) is 5.91 Å². The number of nitrogens with one attached hydrogen (secondary N) is 2. The quantitative estimate of drug-likeness (QED) is 0.784. The molecule has 1 aliphatic heterocycles. The summed E-state index contributed by atoms with van der Waals surface area (Å²) in [6.07, 6.45) is 1.36. The predicted molar refractivity (Wildman–Crippen MR) is 103 cm³/mol. The Morgan fingerprint density at radius 2 is 1.70 bits per heavy atom. The zero-order chi connectivity index (χ0) is 19.1. The van der Waals surface area contributed by atoms with Gasteiger partial charge in [-0.1, -0.05) is 24.3 Å². The van der Waals surface area contributed by atoms with E-state index in [1.165, 1.54) is 0 Å². The van der Waals surface area contributed by atoms with Crippen molar-refractivity contribution in [2.24, 2.45) is 0 Å². The summed E-state index contributed by atoms with van der Waals surface area (Å²) < 4.78 is 16.7. The SMILES string of the molecule is COc1ccccc1Oc1ccc(CNC(=O)C2(OC)CCNCC2)cc1. The Kier molecular flexibility index (Phi) is 6.32. The number of methoxy groups -OCH3 is 2. The minimum Gasteiger partial charge on any atom is -0.493 e. The van der Waals surface area contributed by atoms with Gasteiger partial charge in [0.2, 0.25) is 0 Å². The van der Waals surface area contributed by atoms with Crippen LogP contribution in [0.5, 0.6) is 17.2 Å². The normalized spacial score (nSPS) is 15.8. The minimum absolute atomic E-state index is 0.0548. The molecule has 1 amide bonds. The number of carbonyl (C=O) groups excluding carboxylic acids is 1. The highest BCUT2D eigenvalue weighted by molar-refractivity contribution is 5.85. The van der Waals surface area contributed by atoms with Crippen LogP contribution in [0.2, 0.25) is 0 Å². The first-order chi connectivity index (χ1) is 13.2. The Morgan fingerprint density at radius 3 is 2.33 bits per heavy atom. The van der Waals surface area contributed by atoms with Gasteiger partial charge >= 0.3 is 0 Å². The molecular formula is C21H26N2O4. The minimum atomic E-state index is -0.724. The second-order valence-corrected chi connectivity index (χ2v) is 6.53. The highest BCUT2D eigenvalue weighted by Crippen LogP contribution is 2.31.